The first-order chi connectivity index (χ1) is 18.4. The molecule has 0 aliphatic carbocycles. The topological polar surface area (TPSA) is 61.8 Å². The fourth-order valence-electron chi connectivity index (χ4n) is 5.67. The molecule has 2 bridgehead atoms. The molecule has 38 heavy (non-hydrogen) atoms. The van der Waals surface area contributed by atoms with Gasteiger partial charge >= 0.3 is 11.9 Å². The zero-order valence-electron chi connectivity index (χ0n) is 22.2. The van der Waals surface area contributed by atoms with Crippen LogP contribution in [0, 0.1) is 25.7 Å². The predicted octanol–water partition coefficient (Wildman–Crippen LogP) is 6.44. The van der Waals surface area contributed by atoms with Crippen molar-refractivity contribution in [2.75, 3.05) is 6.61 Å². The van der Waals surface area contributed by atoms with Gasteiger partial charge in [0.1, 0.15) is 18.0 Å². The van der Waals surface area contributed by atoms with Crippen LogP contribution in [0.3, 0.4) is 0 Å². The smallest absolute Gasteiger partial charge is 0.344 e. The van der Waals surface area contributed by atoms with Gasteiger partial charge in [-0.25, -0.2) is 4.79 Å². The number of fused-ring (bicyclic) bond motifs is 3. The van der Waals surface area contributed by atoms with Gasteiger partial charge in [0.05, 0.1) is 16.8 Å². The van der Waals surface area contributed by atoms with Gasteiger partial charge in [-0.3, -0.25) is 4.79 Å². The first kappa shape index (κ1) is 26.4. The lowest BCUT2D eigenvalue weighted by Crippen LogP contribution is -2.38. The molecule has 0 amide bonds. The molecule has 0 spiro atoms. The van der Waals surface area contributed by atoms with Crippen LogP contribution >= 0.6 is 0 Å². The zero-order valence-corrected chi connectivity index (χ0v) is 23.0. The van der Waals surface area contributed by atoms with Gasteiger partial charge in [0.2, 0.25) is 0 Å². The van der Waals surface area contributed by atoms with Gasteiger partial charge < -0.3 is 14.2 Å². The third-order valence-electron chi connectivity index (χ3n) is 7.45. The van der Waals surface area contributed by atoms with Gasteiger partial charge in [-0.15, -0.1) is 0 Å². The van der Waals surface area contributed by atoms with Crippen molar-refractivity contribution in [2.45, 2.75) is 73.3 Å². The lowest BCUT2D eigenvalue weighted by Gasteiger charge is -2.29. The largest absolute Gasteiger partial charge is 0.481 e. The molecule has 3 aromatic carbocycles. The molecule has 198 valence electrons. The summed E-state index contributed by atoms with van der Waals surface area (Å²) in [6.07, 6.45) is 2.40. The van der Waals surface area contributed by atoms with E-state index in [9.17, 15) is 9.59 Å². The van der Waals surface area contributed by atoms with Crippen molar-refractivity contribution in [2.24, 2.45) is 11.8 Å². The average molecular weight is 532 g/mol. The molecular formula is C32H35O5S+. The van der Waals surface area contributed by atoms with Crippen molar-refractivity contribution in [3.63, 3.8) is 0 Å². The highest BCUT2D eigenvalue weighted by Crippen LogP contribution is 2.37. The third-order valence-corrected chi connectivity index (χ3v) is 9.65. The summed E-state index contributed by atoms with van der Waals surface area (Å²) in [5.74, 6) is 0.101. The Hall–Kier alpha value is -3.25. The molecule has 2 aliphatic heterocycles. The molecule has 3 aromatic rings. The zero-order chi connectivity index (χ0) is 26.6. The lowest BCUT2D eigenvalue weighted by atomic mass is 9.84. The second-order valence-corrected chi connectivity index (χ2v) is 12.4. The van der Waals surface area contributed by atoms with E-state index in [1.807, 2.05) is 32.9 Å². The molecule has 2 heterocycles. The molecule has 2 saturated heterocycles. The van der Waals surface area contributed by atoms with Crippen LogP contribution in [0.1, 0.15) is 43.7 Å². The normalized spacial score (nSPS) is 22.9. The van der Waals surface area contributed by atoms with Crippen molar-refractivity contribution >= 4 is 22.8 Å². The molecule has 0 saturated carbocycles. The Morgan fingerprint density at radius 3 is 2.13 bits per heavy atom. The Morgan fingerprint density at radius 2 is 1.53 bits per heavy atom. The molecule has 4 unspecified atom stereocenters. The van der Waals surface area contributed by atoms with Crippen LogP contribution < -0.4 is 4.74 Å². The number of ether oxygens (including phenoxy) is 3. The summed E-state index contributed by atoms with van der Waals surface area (Å²) in [6.45, 7) is 5.89. The predicted molar refractivity (Wildman–Crippen MR) is 147 cm³/mol. The molecule has 2 fully saturated rings. The van der Waals surface area contributed by atoms with Crippen LogP contribution in [-0.4, -0.2) is 30.8 Å². The monoisotopic (exact) mass is 531 g/mol. The SMILES string of the molecule is Cc1cc([S+](c2ccccc2)c2ccccc2)cc(C)c1OCC(=O)OC1C(C)CC2CCCC1OC2=O. The summed E-state index contributed by atoms with van der Waals surface area (Å²) in [5, 5.41) is 0. The van der Waals surface area contributed by atoms with Crippen LogP contribution in [0.2, 0.25) is 0 Å². The third kappa shape index (κ3) is 5.75. The highest BCUT2D eigenvalue weighted by molar-refractivity contribution is 7.97. The molecule has 5 nitrogen and oxygen atoms in total. The Balaban J connectivity index is 1.31. The fraction of sp³-hybridized carbons (Fsp3) is 0.375. The van der Waals surface area contributed by atoms with Gasteiger partial charge in [0, 0.05) is 12.1 Å². The minimum Gasteiger partial charge on any atom is -0.481 e. The van der Waals surface area contributed by atoms with Crippen LogP contribution in [0.5, 0.6) is 5.75 Å². The Kier molecular flexibility index (Phi) is 8.08. The van der Waals surface area contributed by atoms with Gasteiger partial charge in [-0.05, 0) is 80.8 Å². The summed E-state index contributed by atoms with van der Waals surface area (Å²) in [7, 11) is -0.261. The van der Waals surface area contributed by atoms with Gasteiger partial charge in [0.15, 0.2) is 21.3 Å². The second-order valence-electron chi connectivity index (χ2n) is 10.4. The van der Waals surface area contributed by atoms with Crippen molar-refractivity contribution in [3.05, 3.63) is 83.9 Å². The van der Waals surface area contributed by atoms with Crippen molar-refractivity contribution < 1.29 is 23.8 Å². The molecule has 0 N–H and O–H groups in total. The number of carbonyl (C=O) groups excluding carboxylic acids is 2. The number of hydrogen-bond acceptors (Lipinski definition) is 5. The molecule has 5 rings (SSSR count). The highest BCUT2D eigenvalue weighted by atomic mass is 32.2. The van der Waals surface area contributed by atoms with E-state index in [0.29, 0.717) is 12.2 Å². The minimum absolute atomic E-state index is 0.0670. The van der Waals surface area contributed by atoms with Crippen LogP contribution in [0.25, 0.3) is 0 Å². The standard InChI is InChI=1S/C32H35O5S/c1-21-17-24-11-10-16-28(36-32(24)34)31(21)37-29(33)20-35-30-22(2)18-27(19-23(30)3)38(25-12-6-4-7-13-25)26-14-8-5-9-15-26/h4-9,12-15,18-19,21,24,28,31H,10-11,16-17,20H2,1-3H3/q+1. The van der Waals surface area contributed by atoms with E-state index in [0.717, 1.165) is 30.4 Å². The lowest BCUT2D eigenvalue weighted by molar-refractivity contribution is -0.169. The summed E-state index contributed by atoms with van der Waals surface area (Å²) in [5.41, 5.74) is 1.95. The van der Waals surface area contributed by atoms with Crippen LogP contribution in [0.4, 0.5) is 0 Å². The van der Waals surface area contributed by atoms with Crippen molar-refractivity contribution in [3.8, 4) is 5.75 Å². The summed E-state index contributed by atoms with van der Waals surface area (Å²) >= 11 is 0. The number of carbonyl (C=O) groups is 2. The van der Waals surface area contributed by atoms with E-state index in [2.05, 4.69) is 60.7 Å². The maximum absolute atomic E-state index is 12.9. The van der Waals surface area contributed by atoms with Crippen molar-refractivity contribution in [1.82, 2.24) is 0 Å². The fourth-order valence-corrected chi connectivity index (χ4v) is 7.93. The Labute approximate surface area is 227 Å². The minimum atomic E-state index is -0.432. The second kappa shape index (κ2) is 11.6. The number of hydrogen-bond donors (Lipinski definition) is 0. The first-order valence-electron chi connectivity index (χ1n) is 13.4. The Bertz CT molecular complexity index is 1210. The highest BCUT2D eigenvalue weighted by Gasteiger charge is 2.42. The van der Waals surface area contributed by atoms with E-state index >= 15 is 0 Å². The number of benzene rings is 3. The number of aryl methyl sites for hydroxylation is 2. The maximum Gasteiger partial charge on any atom is 0.344 e. The van der Waals surface area contributed by atoms with E-state index in [4.69, 9.17) is 14.2 Å². The van der Waals surface area contributed by atoms with E-state index in [1.165, 1.54) is 14.7 Å². The van der Waals surface area contributed by atoms with Crippen LogP contribution in [-0.2, 0) is 30.0 Å². The number of esters is 2. The molecule has 2 aliphatic rings. The van der Waals surface area contributed by atoms with E-state index in [1.54, 1.807) is 0 Å². The molecular weight excluding hydrogens is 496 g/mol. The van der Waals surface area contributed by atoms with Crippen LogP contribution in [0.15, 0.2) is 87.5 Å². The summed E-state index contributed by atoms with van der Waals surface area (Å²) in [4.78, 5) is 28.9. The maximum atomic E-state index is 12.9. The van der Waals surface area contributed by atoms with E-state index in [-0.39, 0.29) is 41.4 Å². The quantitative estimate of drug-likeness (QED) is 0.259. The molecule has 4 atom stereocenters. The number of rotatable bonds is 7. The average Bonchev–Trinajstić information content (AvgIpc) is 3.14. The van der Waals surface area contributed by atoms with Gasteiger partial charge in [-0.2, -0.15) is 0 Å². The Morgan fingerprint density at radius 1 is 0.921 bits per heavy atom. The van der Waals surface area contributed by atoms with Gasteiger partial charge in [-0.1, -0.05) is 43.3 Å². The van der Waals surface area contributed by atoms with E-state index < -0.39 is 12.1 Å². The summed E-state index contributed by atoms with van der Waals surface area (Å²) < 4.78 is 17.6. The molecule has 6 heteroatoms. The van der Waals surface area contributed by atoms with Gasteiger partial charge in [0.25, 0.3) is 0 Å². The molecule has 0 radical (unpaired) electrons. The first-order valence-corrected chi connectivity index (χ1v) is 14.6. The molecule has 0 aromatic heterocycles. The van der Waals surface area contributed by atoms with Crippen molar-refractivity contribution in [1.29, 1.82) is 0 Å². The summed E-state index contributed by atoms with van der Waals surface area (Å²) in [6, 6.07) is 25.4.